The lowest BCUT2D eigenvalue weighted by Crippen LogP contribution is -2.29. The maximum atomic E-state index is 12.6. The van der Waals surface area contributed by atoms with Crippen molar-refractivity contribution < 1.29 is 4.79 Å². The van der Waals surface area contributed by atoms with E-state index in [0.29, 0.717) is 35.7 Å². The van der Waals surface area contributed by atoms with Crippen molar-refractivity contribution in [1.82, 2.24) is 19.4 Å². The molecule has 8 nitrogen and oxygen atoms in total. The number of hydrogen-bond acceptors (Lipinski definition) is 6. The van der Waals surface area contributed by atoms with Crippen molar-refractivity contribution in [2.75, 3.05) is 11.1 Å². The van der Waals surface area contributed by atoms with Crippen LogP contribution in [0.2, 0.25) is 5.02 Å². The second-order valence-corrected chi connectivity index (χ2v) is 10.9. The summed E-state index contributed by atoms with van der Waals surface area (Å²) < 4.78 is 3.54. The summed E-state index contributed by atoms with van der Waals surface area (Å²) in [5.41, 5.74) is 1.39. The van der Waals surface area contributed by atoms with Crippen molar-refractivity contribution in [3.63, 3.8) is 0 Å². The highest BCUT2D eigenvalue weighted by Crippen LogP contribution is 2.33. The van der Waals surface area contributed by atoms with Crippen LogP contribution in [0.5, 0.6) is 0 Å². The summed E-state index contributed by atoms with van der Waals surface area (Å²) in [7, 11) is 0. The van der Waals surface area contributed by atoms with Gasteiger partial charge < -0.3 is 10.6 Å². The van der Waals surface area contributed by atoms with Gasteiger partial charge in [-0.05, 0) is 37.5 Å². The topological polar surface area (TPSA) is 98.0 Å². The molecule has 0 saturated heterocycles. The van der Waals surface area contributed by atoms with Crippen LogP contribution in [0.15, 0.2) is 44.8 Å². The van der Waals surface area contributed by atoms with Gasteiger partial charge in [0.1, 0.15) is 11.5 Å². The lowest BCUT2D eigenvalue weighted by atomic mass is 10.0. The van der Waals surface area contributed by atoms with Gasteiger partial charge in [0.05, 0.1) is 27.4 Å². The number of halogens is 1. The standard InChI is InChI=1S/C26H30ClN5O3S/c1-2-5-17(28-13-20-19(27)12-21-25(29-20)30-22(33)15-36-21)6-3-4-7-18-14-31-23(34)10-8-16-9-11-24(35)32(18)26(16)31/h8-12,17-18,28H,2-7,13-15H2,1H3,(H,29,30,33)/t17?,18-/m1/s1. The molecule has 0 saturated carbocycles. The molecule has 0 bridgehead atoms. The Bertz CT molecular complexity index is 1410. The second-order valence-electron chi connectivity index (χ2n) is 9.51. The summed E-state index contributed by atoms with van der Waals surface area (Å²) in [6, 6.07) is 8.99. The Kier molecular flexibility index (Phi) is 7.50. The maximum Gasteiger partial charge on any atom is 0.252 e. The average Bonchev–Trinajstić information content (AvgIpc) is 3.26. The molecule has 0 aliphatic carbocycles. The van der Waals surface area contributed by atoms with E-state index in [1.165, 1.54) is 11.8 Å². The zero-order valence-corrected chi connectivity index (χ0v) is 21.8. The third kappa shape index (κ3) is 5.10. The Hall–Kier alpha value is -2.62. The largest absolute Gasteiger partial charge is 0.309 e. The molecule has 0 aromatic carbocycles. The van der Waals surface area contributed by atoms with Gasteiger partial charge in [-0.15, -0.1) is 11.8 Å². The van der Waals surface area contributed by atoms with Crippen LogP contribution in [0.3, 0.4) is 0 Å². The Morgan fingerprint density at radius 2 is 1.97 bits per heavy atom. The molecule has 2 aliphatic heterocycles. The molecule has 2 aliphatic rings. The Labute approximate surface area is 218 Å². The Morgan fingerprint density at radius 1 is 1.17 bits per heavy atom. The van der Waals surface area contributed by atoms with Gasteiger partial charge in [-0.3, -0.25) is 23.5 Å². The highest BCUT2D eigenvalue weighted by Gasteiger charge is 2.25. The number of rotatable bonds is 10. The number of nitrogens with zero attached hydrogens (tertiary/aromatic N) is 3. The van der Waals surface area contributed by atoms with Gasteiger partial charge in [-0.25, -0.2) is 4.98 Å². The van der Waals surface area contributed by atoms with E-state index in [1.54, 1.807) is 33.4 Å². The minimum Gasteiger partial charge on any atom is -0.309 e. The number of pyridine rings is 3. The van der Waals surface area contributed by atoms with E-state index in [0.717, 1.165) is 60.1 Å². The number of carbonyl (C=O) groups excluding carboxylic acids is 1. The fourth-order valence-electron chi connectivity index (χ4n) is 5.23. The molecule has 3 aromatic heterocycles. The quantitative estimate of drug-likeness (QED) is 0.381. The van der Waals surface area contributed by atoms with E-state index in [9.17, 15) is 14.4 Å². The van der Waals surface area contributed by atoms with Crippen molar-refractivity contribution in [1.29, 1.82) is 0 Å². The van der Waals surface area contributed by atoms with E-state index in [1.807, 2.05) is 6.07 Å². The summed E-state index contributed by atoms with van der Waals surface area (Å²) in [6.07, 6.45) is 5.95. The van der Waals surface area contributed by atoms with Gasteiger partial charge in [-0.1, -0.05) is 37.8 Å². The van der Waals surface area contributed by atoms with Crippen LogP contribution in [0.4, 0.5) is 5.82 Å². The summed E-state index contributed by atoms with van der Waals surface area (Å²) in [5.74, 6) is 0.930. The molecule has 5 heterocycles. The minimum absolute atomic E-state index is 0.0143. The van der Waals surface area contributed by atoms with E-state index in [2.05, 4.69) is 22.5 Å². The first-order valence-corrected chi connectivity index (χ1v) is 13.9. The molecule has 1 amide bonds. The zero-order valence-electron chi connectivity index (χ0n) is 20.3. The number of anilines is 1. The third-order valence-corrected chi connectivity index (χ3v) is 8.34. The molecule has 36 heavy (non-hydrogen) atoms. The fraction of sp³-hybridized carbons (Fsp3) is 0.462. The predicted octanol–water partition coefficient (Wildman–Crippen LogP) is 4.33. The molecular weight excluding hydrogens is 498 g/mol. The molecule has 0 fully saturated rings. The van der Waals surface area contributed by atoms with E-state index in [-0.39, 0.29) is 23.1 Å². The highest BCUT2D eigenvalue weighted by atomic mass is 35.5. The summed E-state index contributed by atoms with van der Waals surface area (Å²) >= 11 is 7.93. The Balaban J connectivity index is 1.17. The molecule has 5 rings (SSSR count). The summed E-state index contributed by atoms with van der Waals surface area (Å²) in [6.45, 7) is 3.27. The third-order valence-electron chi connectivity index (χ3n) is 6.98. The Morgan fingerprint density at radius 3 is 2.78 bits per heavy atom. The van der Waals surface area contributed by atoms with Crippen LogP contribution in [0.25, 0.3) is 11.0 Å². The van der Waals surface area contributed by atoms with Crippen LogP contribution in [-0.4, -0.2) is 31.8 Å². The van der Waals surface area contributed by atoms with Gasteiger partial charge in [-0.2, -0.15) is 0 Å². The second kappa shape index (κ2) is 10.8. The van der Waals surface area contributed by atoms with Crippen LogP contribution in [-0.2, 0) is 17.9 Å². The van der Waals surface area contributed by atoms with Crippen LogP contribution >= 0.6 is 23.4 Å². The summed E-state index contributed by atoms with van der Waals surface area (Å²) in [4.78, 5) is 42.2. The summed E-state index contributed by atoms with van der Waals surface area (Å²) in [5, 5.41) is 7.97. The molecule has 10 heteroatoms. The van der Waals surface area contributed by atoms with Crippen LogP contribution in [0.1, 0.15) is 57.2 Å². The average molecular weight is 528 g/mol. The lowest BCUT2D eigenvalue weighted by molar-refractivity contribution is -0.113. The number of nitrogens with one attached hydrogen (secondary N) is 2. The normalized spacial score (nSPS) is 17.3. The number of unbranched alkanes of at least 4 members (excludes halogenated alkanes) is 1. The van der Waals surface area contributed by atoms with E-state index >= 15 is 0 Å². The number of thioether (sulfide) groups is 1. The first-order valence-electron chi connectivity index (χ1n) is 12.5. The van der Waals surface area contributed by atoms with Crippen LogP contribution in [0, 0.1) is 0 Å². The van der Waals surface area contributed by atoms with Gasteiger partial charge in [0, 0.05) is 36.7 Å². The molecule has 2 atom stereocenters. The molecule has 190 valence electrons. The number of fused-ring (bicyclic) bond motifs is 1. The minimum atomic E-state index is -0.0517. The number of hydrogen-bond donors (Lipinski definition) is 2. The number of amides is 1. The smallest absolute Gasteiger partial charge is 0.252 e. The molecule has 3 aromatic rings. The highest BCUT2D eigenvalue weighted by molar-refractivity contribution is 8.00. The van der Waals surface area contributed by atoms with Crippen LogP contribution < -0.4 is 21.8 Å². The first-order chi connectivity index (χ1) is 17.4. The fourth-order valence-corrected chi connectivity index (χ4v) is 6.30. The van der Waals surface area contributed by atoms with Gasteiger partial charge >= 0.3 is 0 Å². The first kappa shape index (κ1) is 25.0. The van der Waals surface area contributed by atoms with E-state index in [4.69, 9.17) is 11.6 Å². The van der Waals surface area contributed by atoms with Crippen molar-refractivity contribution >= 4 is 46.1 Å². The SMILES string of the molecule is CCCC(CCCC[C@@H]1Cn2c(=O)ccc3ccc(=O)n1c32)NCc1nc2c(cc1Cl)SCC(=O)N2. The molecular formula is C26H30ClN5O3S. The molecule has 1 unspecified atom stereocenters. The monoisotopic (exact) mass is 527 g/mol. The maximum absolute atomic E-state index is 12.6. The molecule has 0 spiro atoms. The zero-order chi connectivity index (χ0) is 25.2. The van der Waals surface area contributed by atoms with Crippen molar-refractivity contribution in [2.24, 2.45) is 0 Å². The number of carbonyl (C=O) groups is 1. The van der Waals surface area contributed by atoms with Gasteiger partial charge in [0.15, 0.2) is 0 Å². The van der Waals surface area contributed by atoms with Crippen molar-refractivity contribution in [3.8, 4) is 0 Å². The van der Waals surface area contributed by atoms with Gasteiger partial charge in [0.2, 0.25) is 5.91 Å². The molecule has 0 radical (unpaired) electrons. The van der Waals surface area contributed by atoms with E-state index < -0.39 is 0 Å². The van der Waals surface area contributed by atoms with Crippen molar-refractivity contribution in [2.45, 2.75) is 75.5 Å². The predicted molar refractivity (Wildman–Crippen MR) is 144 cm³/mol. The molecule has 2 N–H and O–H groups in total. The lowest BCUT2D eigenvalue weighted by Gasteiger charge is -2.21. The number of aromatic nitrogens is 3. The van der Waals surface area contributed by atoms with Gasteiger partial charge in [0.25, 0.3) is 11.1 Å². The van der Waals surface area contributed by atoms with Crippen molar-refractivity contribution in [3.05, 3.63) is 61.8 Å².